The molecule has 1 aromatic carbocycles. The van der Waals surface area contributed by atoms with Gasteiger partial charge in [0.15, 0.2) is 0 Å². The molecular formula is C18H22N6OS. The fourth-order valence-corrected chi connectivity index (χ4v) is 3.89. The molecule has 1 aliphatic rings. The second-order valence-corrected chi connectivity index (χ2v) is 7.92. The number of carbonyl (C=O) groups is 1. The van der Waals surface area contributed by atoms with Gasteiger partial charge in [-0.2, -0.15) is 5.26 Å². The van der Waals surface area contributed by atoms with Gasteiger partial charge >= 0.3 is 0 Å². The van der Waals surface area contributed by atoms with Gasteiger partial charge in [-0.05, 0) is 35.8 Å². The zero-order valence-corrected chi connectivity index (χ0v) is 15.6. The van der Waals surface area contributed by atoms with Crippen LogP contribution in [0.5, 0.6) is 0 Å². The molecule has 1 atom stereocenters. The van der Waals surface area contributed by atoms with E-state index in [0.29, 0.717) is 11.7 Å². The Bertz CT molecular complexity index is 778. The molecule has 0 spiro atoms. The number of rotatable bonds is 6. The van der Waals surface area contributed by atoms with Gasteiger partial charge in [0.1, 0.15) is 5.54 Å². The molecule has 3 rings (SSSR count). The van der Waals surface area contributed by atoms with Crippen LogP contribution >= 0.6 is 11.8 Å². The van der Waals surface area contributed by atoms with Crippen molar-refractivity contribution in [2.24, 2.45) is 0 Å². The SMILES string of the molecule is CC(Sc1nnnn1Cc1ccccc1)C(=O)NC1(C#N)CCCCC1. The summed E-state index contributed by atoms with van der Waals surface area (Å²) in [6, 6.07) is 12.2. The van der Waals surface area contributed by atoms with Gasteiger partial charge in [-0.3, -0.25) is 4.79 Å². The van der Waals surface area contributed by atoms with E-state index in [-0.39, 0.29) is 11.2 Å². The lowest BCUT2D eigenvalue weighted by atomic mass is 9.83. The fraction of sp³-hybridized carbons (Fsp3) is 0.500. The maximum Gasteiger partial charge on any atom is 0.234 e. The first-order valence-corrected chi connectivity index (χ1v) is 9.70. The van der Waals surface area contributed by atoms with Gasteiger partial charge in [-0.15, -0.1) is 5.10 Å². The number of amides is 1. The first-order valence-electron chi connectivity index (χ1n) is 8.82. The van der Waals surface area contributed by atoms with E-state index in [9.17, 15) is 10.1 Å². The number of thioether (sulfide) groups is 1. The van der Waals surface area contributed by atoms with Crippen LogP contribution in [0.4, 0.5) is 0 Å². The van der Waals surface area contributed by atoms with E-state index in [0.717, 1.165) is 37.7 Å². The van der Waals surface area contributed by atoms with E-state index in [1.54, 1.807) is 4.68 Å². The number of nitrogens with zero attached hydrogens (tertiary/aromatic N) is 5. The van der Waals surface area contributed by atoms with Crippen LogP contribution in [0.3, 0.4) is 0 Å². The molecule has 0 saturated heterocycles. The van der Waals surface area contributed by atoms with Gasteiger partial charge < -0.3 is 5.32 Å². The molecule has 0 aliphatic heterocycles. The molecule has 26 heavy (non-hydrogen) atoms. The van der Waals surface area contributed by atoms with Crippen molar-refractivity contribution in [2.45, 2.75) is 61.5 Å². The highest BCUT2D eigenvalue weighted by atomic mass is 32.2. The maximum absolute atomic E-state index is 12.6. The number of nitrogens with one attached hydrogen (secondary N) is 1. The summed E-state index contributed by atoms with van der Waals surface area (Å²) in [5.74, 6) is -0.146. The predicted molar refractivity (Wildman–Crippen MR) is 98.3 cm³/mol. The minimum Gasteiger partial charge on any atom is -0.337 e. The summed E-state index contributed by atoms with van der Waals surface area (Å²) in [7, 11) is 0. The van der Waals surface area contributed by atoms with Crippen LogP contribution in [-0.4, -0.2) is 36.9 Å². The van der Waals surface area contributed by atoms with Crippen molar-refractivity contribution in [1.82, 2.24) is 25.5 Å². The lowest BCUT2D eigenvalue weighted by Crippen LogP contribution is -2.51. The Kier molecular flexibility index (Phi) is 5.89. The highest BCUT2D eigenvalue weighted by Crippen LogP contribution is 2.29. The van der Waals surface area contributed by atoms with E-state index >= 15 is 0 Å². The number of carbonyl (C=O) groups excluding carboxylic acids is 1. The Labute approximate surface area is 157 Å². The Balaban J connectivity index is 1.63. The van der Waals surface area contributed by atoms with Crippen LogP contribution in [0.25, 0.3) is 0 Å². The molecule has 8 heteroatoms. The van der Waals surface area contributed by atoms with Crippen molar-refractivity contribution in [1.29, 1.82) is 5.26 Å². The molecule has 1 aliphatic carbocycles. The summed E-state index contributed by atoms with van der Waals surface area (Å²) in [4.78, 5) is 12.6. The molecule has 1 saturated carbocycles. The van der Waals surface area contributed by atoms with Gasteiger partial charge in [0.2, 0.25) is 11.1 Å². The quantitative estimate of drug-likeness (QED) is 0.785. The molecule has 1 fully saturated rings. The smallest absolute Gasteiger partial charge is 0.234 e. The van der Waals surface area contributed by atoms with Crippen molar-refractivity contribution in [3.05, 3.63) is 35.9 Å². The van der Waals surface area contributed by atoms with Crippen LogP contribution in [0.15, 0.2) is 35.5 Å². The molecular weight excluding hydrogens is 348 g/mol. The van der Waals surface area contributed by atoms with Crippen LogP contribution in [0.1, 0.15) is 44.6 Å². The lowest BCUT2D eigenvalue weighted by Gasteiger charge is -2.32. The summed E-state index contributed by atoms with van der Waals surface area (Å²) in [6.45, 7) is 2.36. The van der Waals surface area contributed by atoms with E-state index in [1.165, 1.54) is 11.8 Å². The van der Waals surface area contributed by atoms with Gasteiger partial charge in [0.25, 0.3) is 0 Å². The van der Waals surface area contributed by atoms with Gasteiger partial charge in [-0.25, -0.2) is 4.68 Å². The minimum absolute atomic E-state index is 0.146. The zero-order valence-electron chi connectivity index (χ0n) is 14.8. The number of nitriles is 1. The van der Waals surface area contributed by atoms with Crippen molar-refractivity contribution in [3.8, 4) is 6.07 Å². The van der Waals surface area contributed by atoms with Crippen molar-refractivity contribution < 1.29 is 4.79 Å². The highest BCUT2D eigenvalue weighted by Gasteiger charge is 2.35. The fourth-order valence-electron chi connectivity index (χ4n) is 3.11. The molecule has 1 unspecified atom stereocenters. The Morgan fingerprint density at radius 3 is 2.77 bits per heavy atom. The molecule has 7 nitrogen and oxygen atoms in total. The third-order valence-electron chi connectivity index (χ3n) is 4.61. The van der Waals surface area contributed by atoms with E-state index < -0.39 is 5.54 Å². The molecule has 1 heterocycles. The average Bonchev–Trinajstić information content (AvgIpc) is 3.10. The first kappa shape index (κ1) is 18.4. The van der Waals surface area contributed by atoms with Crippen LogP contribution in [0, 0.1) is 11.3 Å². The topological polar surface area (TPSA) is 96.5 Å². The van der Waals surface area contributed by atoms with E-state index in [1.807, 2.05) is 37.3 Å². The summed E-state index contributed by atoms with van der Waals surface area (Å²) >= 11 is 1.31. The van der Waals surface area contributed by atoms with Gasteiger partial charge in [-0.1, -0.05) is 61.4 Å². The second kappa shape index (κ2) is 8.32. The molecule has 1 amide bonds. The summed E-state index contributed by atoms with van der Waals surface area (Å²) in [5, 5.41) is 24.5. The molecule has 136 valence electrons. The summed E-state index contributed by atoms with van der Waals surface area (Å²) in [5.41, 5.74) is 0.365. The number of aromatic nitrogens is 4. The van der Waals surface area contributed by atoms with Crippen molar-refractivity contribution >= 4 is 17.7 Å². The number of tetrazole rings is 1. The van der Waals surface area contributed by atoms with Crippen LogP contribution in [-0.2, 0) is 11.3 Å². The van der Waals surface area contributed by atoms with E-state index in [2.05, 4.69) is 26.9 Å². The third kappa shape index (κ3) is 4.41. The van der Waals surface area contributed by atoms with Crippen LogP contribution < -0.4 is 5.32 Å². The summed E-state index contributed by atoms with van der Waals surface area (Å²) in [6.07, 6.45) is 4.52. The molecule has 0 radical (unpaired) electrons. The highest BCUT2D eigenvalue weighted by molar-refractivity contribution is 8.00. The monoisotopic (exact) mass is 370 g/mol. The van der Waals surface area contributed by atoms with Crippen molar-refractivity contribution in [3.63, 3.8) is 0 Å². The molecule has 1 N–H and O–H groups in total. The minimum atomic E-state index is -0.722. The Hall–Kier alpha value is -2.40. The summed E-state index contributed by atoms with van der Waals surface area (Å²) < 4.78 is 1.68. The number of hydrogen-bond donors (Lipinski definition) is 1. The zero-order chi connectivity index (χ0) is 18.4. The molecule has 1 aromatic heterocycles. The van der Waals surface area contributed by atoms with Gasteiger partial charge in [0.05, 0.1) is 17.9 Å². The Morgan fingerprint density at radius 2 is 2.08 bits per heavy atom. The largest absolute Gasteiger partial charge is 0.337 e. The lowest BCUT2D eigenvalue weighted by molar-refractivity contribution is -0.121. The number of hydrogen-bond acceptors (Lipinski definition) is 6. The maximum atomic E-state index is 12.6. The molecule has 2 aromatic rings. The third-order valence-corrected chi connectivity index (χ3v) is 5.68. The molecule has 0 bridgehead atoms. The van der Waals surface area contributed by atoms with Crippen molar-refractivity contribution in [2.75, 3.05) is 0 Å². The van der Waals surface area contributed by atoms with Gasteiger partial charge in [0, 0.05) is 0 Å². The standard InChI is InChI=1S/C18H22N6OS/c1-14(16(25)20-18(13-19)10-6-3-7-11-18)26-17-21-22-23-24(17)12-15-8-4-2-5-9-15/h2,4-5,8-9,14H,3,6-7,10-12H2,1H3,(H,20,25). The average molecular weight is 370 g/mol. The van der Waals surface area contributed by atoms with Crippen LogP contribution in [0.2, 0.25) is 0 Å². The normalized spacial score (nSPS) is 17.2. The number of benzene rings is 1. The second-order valence-electron chi connectivity index (χ2n) is 6.61. The predicted octanol–water partition coefficient (Wildman–Crippen LogP) is 2.54. The Morgan fingerprint density at radius 1 is 1.35 bits per heavy atom. The van der Waals surface area contributed by atoms with E-state index in [4.69, 9.17) is 0 Å². The first-order chi connectivity index (χ1) is 12.6.